The van der Waals surface area contributed by atoms with Crippen LogP contribution in [-0.2, 0) is 21.2 Å². The molecule has 0 unspecified atom stereocenters. The molecule has 5 nitrogen and oxygen atoms in total. The van der Waals surface area contributed by atoms with Crippen LogP contribution in [0.1, 0.15) is 50.8 Å². The molecule has 24 heavy (non-hydrogen) atoms. The van der Waals surface area contributed by atoms with Gasteiger partial charge in [0, 0.05) is 30.1 Å². The predicted molar refractivity (Wildman–Crippen MR) is 95.6 cm³/mol. The Morgan fingerprint density at radius 2 is 1.92 bits per heavy atom. The molecule has 1 aliphatic carbocycles. The summed E-state index contributed by atoms with van der Waals surface area (Å²) in [6, 6.07) is 4.04. The summed E-state index contributed by atoms with van der Waals surface area (Å²) in [5, 5.41) is 0. The van der Waals surface area contributed by atoms with Gasteiger partial charge in [0.2, 0.25) is 5.91 Å². The van der Waals surface area contributed by atoms with Gasteiger partial charge in [-0.15, -0.1) is 11.3 Å². The molecule has 0 spiro atoms. The second-order valence-corrected chi connectivity index (χ2v) is 10.3. The van der Waals surface area contributed by atoms with Crippen LogP contribution in [0.3, 0.4) is 0 Å². The van der Waals surface area contributed by atoms with Crippen LogP contribution in [0.4, 0.5) is 0 Å². The molecule has 0 bridgehead atoms. The molecule has 1 aliphatic heterocycles. The molecule has 2 heterocycles. The van der Waals surface area contributed by atoms with Crippen LogP contribution in [-0.4, -0.2) is 48.7 Å². The average Bonchev–Trinajstić information content (AvgIpc) is 3.24. The zero-order valence-corrected chi connectivity index (χ0v) is 16.0. The number of hydrogen-bond acceptors (Lipinski definition) is 4. The number of thiophene rings is 1. The zero-order chi connectivity index (χ0) is 17.3. The number of nitrogens with zero attached hydrogens (tertiary/aromatic N) is 2. The van der Waals surface area contributed by atoms with Crippen LogP contribution in [0.25, 0.3) is 0 Å². The lowest BCUT2D eigenvalue weighted by Crippen LogP contribution is -2.39. The summed E-state index contributed by atoms with van der Waals surface area (Å²) in [6.45, 7) is 5.29. The van der Waals surface area contributed by atoms with Gasteiger partial charge < -0.3 is 4.90 Å². The molecule has 1 aromatic rings. The molecule has 134 valence electrons. The first-order chi connectivity index (χ1) is 11.4. The molecule has 1 amide bonds. The maximum absolute atomic E-state index is 12.7. The fourth-order valence-electron chi connectivity index (χ4n) is 3.33. The van der Waals surface area contributed by atoms with Gasteiger partial charge in [-0.25, -0.2) is 8.42 Å². The highest BCUT2D eigenvalue weighted by Gasteiger charge is 2.34. The SMILES string of the molecule is CC(C)N(C(=O)Cc1ccc(S(=O)(=O)N2CCCCC2)s1)C1CC1. The maximum atomic E-state index is 12.7. The van der Waals surface area contributed by atoms with E-state index in [0.29, 0.717) is 29.8 Å². The smallest absolute Gasteiger partial charge is 0.252 e. The molecule has 2 aliphatic rings. The van der Waals surface area contributed by atoms with Gasteiger partial charge in [-0.2, -0.15) is 4.31 Å². The minimum Gasteiger partial charge on any atom is -0.337 e. The van der Waals surface area contributed by atoms with Crippen molar-refractivity contribution in [2.24, 2.45) is 0 Å². The van der Waals surface area contributed by atoms with E-state index in [1.807, 2.05) is 18.7 Å². The van der Waals surface area contributed by atoms with Crippen molar-refractivity contribution >= 4 is 27.3 Å². The first kappa shape index (κ1) is 17.9. The van der Waals surface area contributed by atoms with Crippen molar-refractivity contribution in [1.29, 1.82) is 0 Å². The Labute approximate surface area is 148 Å². The average molecular weight is 371 g/mol. The van der Waals surface area contributed by atoms with Crippen molar-refractivity contribution in [3.63, 3.8) is 0 Å². The molecule has 3 rings (SSSR count). The predicted octanol–water partition coefficient (Wildman–Crippen LogP) is 2.86. The van der Waals surface area contributed by atoms with Crippen LogP contribution in [0.15, 0.2) is 16.3 Å². The topological polar surface area (TPSA) is 57.7 Å². The Balaban J connectivity index is 1.69. The molecule has 1 saturated carbocycles. The van der Waals surface area contributed by atoms with Gasteiger partial charge in [0.15, 0.2) is 0 Å². The largest absolute Gasteiger partial charge is 0.337 e. The highest BCUT2D eigenvalue weighted by molar-refractivity contribution is 7.91. The first-order valence-corrected chi connectivity index (χ1v) is 11.1. The number of carbonyl (C=O) groups is 1. The Hall–Kier alpha value is -0.920. The number of piperidine rings is 1. The van der Waals surface area contributed by atoms with E-state index in [2.05, 4.69) is 0 Å². The lowest BCUT2D eigenvalue weighted by molar-refractivity contribution is -0.132. The van der Waals surface area contributed by atoms with Crippen LogP contribution in [0.2, 0.25) is 0 Å². The minimum atomic E-state index is -3.39. The third kappa shape index (κ3) is 3.83. The number of sulfonamides is 1. The van der Waals surface area contributed by atoms with Gasteiger partial charge in [-0.1, -0.05) is 6.42 Å². The summed E-state index contributed by atoms with van der Waals surface area (Å²) >= 11 is 1.25. The molecule has 1 saturated heterocycles. The molecule has 1 aromatic heterocycles. The van der Waals surface area contributed by atoms with Gasteiger partial charge in [0.25, 0.3) is 10.0 Å². The van der Waals surface area contributed by atoms with E-state index >= 15 is 0 Å². The van der Waals surface area contributed by atoms with Crippen molar-refractivity contribution in [2.75, 3.05) is 13.1 Å². The zero-order valence-electron chi connectivity index (χ0n) is 14.4. The van der Waals surface area contributed by atoms with Crippen LogP contribution in [0.5, 0.6) is 0 Å². The second kappa shape index (κ2) is 7.14. The van der Waals surface area contributed by atoms with E-state index < -0.39 is 10.0 Å². The number of amides is 1. The summed E-state index contributed by atoms with van der Waals surface area (Å²) in [5.74, 6) is 0.108. The highest BCUT2D eigenvalue weighted by atomic mass is 32.2. The normalized spacial score (nSPS) is 19.6. The number of rotatable bonds is 6. The van der Waals surface area contributed by atoms with Crippen LogP contribution in [0, 0.1) is 0 Å². The van der Waals surface area contributed by atoms with Crippen molar-refractivity contribution < 1.29 is 13.2 Å². The summed E-state index contributed by atoms with van der Waals surface area (Å²) in [5.41, 5.74) is 0. The van der Waals surface area contributed by atoms with E-state index in [1.165, 1.54) is 11.3 Å². The molecular weight excluding hydrogens is 344 g/mol. The molecule has 0 radical (unpaired) electrons. The third-order valence-corrected chi connectivity index (χ3v) is 8.11. The summed E-state index contributed by atoms with van der Waals surface area (Å²) < 4.78 is 27.3. The highest BCUT2D eigenvalue weighted by Crippen LogP contribution is 2.31. The number of hydrogen-bond donors (Lipinski definition) is 0. The van der Waals surface area contributed by atoms with E-state index in [0.717, 1.165) is 37.0 Å². The first-order valence-electron chi connectivity index (χ1n) is 8.79. The lowest BCUT2D eigenvalue weighted by atomic mass is 10.2. The lowest BCUT2D eigenvalue weighted by Gasteiger charge is -2.26. The Bertz CT molecular complexity index is 684. The van der Waals surface area contributed by atoms with Crippen molar-refractivity contribution in [1.82, 2.24) is 9.21 Å². The standard InChI is InChI=1S/C17H26N2O3S2/c1-13(2)19(14-6-7-14)16(20)12-15-8-9-17(23-15)24(21,22)18-10-4-3-5-11-18/h8-9,13-14H,3-7,10-12H2,1-2H3. The quantitative estimate of drug-likeness (QED) is 0.774. The molecule has 0 aromatic carbocycles. The van der Waals surface area contributed by atoms with Crippen molar-refractivity contribution in [2.45, 2.75) is 68.7 Å². The van der Waals surface area contributed by atoms with Gasteiger partial charge in [0.05, 0.1) is 6.42 Å². The van der Waals surface area contributed by atoms with E-state index in [9.17, 15) is 13.2 Å². The molecule has 7 heteroatoms. The monoisotopic (exact) mass is 370 g/mol. The molecule has 2 fully saturated rings. The van der Waals surface area contributed by atoms with E-state index in [1.54, 1.807) is 16.4 Å². The maximum Gasteiger partial charge on any atom is 0.252 e. The summed E-state index contributed by atoms with van der Waals surface area (Å²) in [6.07, 6.45) is 5.44. The second-order valence-electron chi connectivity index (χ2n) is 6.99. The Morgan fingerprint density at radius 1 is 1.25 bits per heavy atom. The van der Waals surface area contributed by atoms with Gasteiger partial charge in [-0.3, -0.25) is 4.79 Å². The molecular formula is C17H26N2O3S2. The minimum absolute atomic E-state index is 0.108. The van der Waals surface area contributed by atoms with E-state index in [-0.39, 0.29) is 11.9 Å². The van der Waals surface area contributed by atoms with Crippen molar-refractivity contribution in [3.05, 3.63) is 17.0 Å². The fraction of sp³-hybridized carbons (Fsp3) is 0.706. The Morgan fingerprint density at radius 3 is 2.50 bits per heavy atom. The molecule has 0 atom stereocenters. The van der Waals surface area contributed by atoms with E-state index in [4.69, 9.17) is 0 Å². The summed E-state index contributed by atoms with van der Waals surface area (Å²) in [7, 11) is -3.39. The van der Waals surface area contributed by atoms with Crippen molar-refractivity contribution in [3.8, 4) is 0 Å². The fourth-order valence-corrected chi connectivity index (χ4v) is 6.35. The summed E-state index contributed by atoms with van der Waals surface area (Å²) in [4.78, 5) is 15.4. The third-order valence-electron chi connectivity index (χ3n) is 4.66. The number of carbonyl (C=O) groups excluding carboxylic acids is 1. The van der Waals surface area contributed by atoms with Gasteiger partial charge in [-0.05, 0) is 51.7 Å². The van der Waals surface area contributed by atoms with Gasteiger partial charge >= 0.3 is 0 Å². The van der Waals surface area contributed by atoms with Crippen LogP contribution < -0.4 is 0 Å². The van der Waals surface area contributed by atoms with Gasteiger partial charge in [0.1, 0.15) is 4.21 Å². The molecule has 0 N–H and O–H groups in total. The van der Waals surface area contributed by atoms with Crippen LogP contribution >= 0.6 is 11.3 Å². The Kier molecular flexibility index (Phi) is 5.32.